The van der Waals surface area contributed by atoms with Crippen LogP contribution < -0.4 is 20.7 Å². The lowest BCUT2D eigenvalue weighted by Crippen LogP contribution is -2.37. The number of aliphatic hydroxyl groups excluding tert-OH is 1. The Morgan fingerprint density at radius 3 is 3.11 bits per heavy atom. The number of hydrogen-bond donors (Lipinski definition) is 3. The number of nitrogens with two attached hydrogens (primary N) is 1. The first-order valence-electron chi connectivity index (χ1n) is 6.21. The van der Waals surface area contributed by atoms with Crippen LogP contribution in [0.2, 0.25) is 0 Å². The quantitative estimate of drug-likeness (QED) is 0.665. The van der Waals surface area contributed by atoms with Gasteiger partial charge in [-0.1, -0.05) is 6.07 Å². The number of benzene rings is 1. The van der Waals surface area contributed by atoms with E-state index in [1.54, 1.807) is 11.9 Å². The number of nitrogens with one attached hydrogen (secondary N) is 1. The van der Waals surface area contributed by atoms with Gasteiger partial charge in [0.05, 0.1) is 12.3 Å². The molecule has 0 aromatic heterocycles. The van der Waals surface area contributed by atoms with Crippen LogP contribution in [0.5, 0.6) is 5.75 Å². The normalized spacial score (nSPS) is 15.9. The highest BCUT2D eigenvalue weighted by atomic mass is 16.5. The van der Waals surface area contributed by atoms with E-state index in [0.29, 0.717) is 13.1 Å². The largest absolute Gasteiger partial charge is 0.482 e. The highest BCUT2D eigenvalue weighted by Gasteiger charge is 2.22. The zero-order valence-corrected chi connectivity index (χ0v) is 10.9. The number of nitrogens with zero attached hydrogens (tertiary/aromatic N) is 1. The van der Waals surface area contributed by atoms with Crippen molar-refractivity contribution in [3.05, 3.63) is 23.8 Å². The number of likely N-dealkylation sites (N-methyl/N-ethyl adjacent to an activating group) is 1. The number of rotatable bonds is 5. The molecule has 0 spiro atoms. The van der Waals surface area contributed by atoms with E-state index < -0.39 is 0 Å². The van der Waals surface area contributed by atoms with Crippen LogP contribution in [-0.2, 0) is 11.3 Å². The molecule has 19 heavy (non-hydrogen) atoms. The van der Waals surface area contributed by atoms with Crippen molar-refractivity contribution in [2.75, 3.05) is 31.7 Å². The van der Waals surface area contributed by atoms with Gasteiger partial charge in [-0.25, -0.2) is 0 Å². The lowest BCUT2D eigenvalue weighted by molar-refractivity contribution is -0.120. The molecule has 1 aromatic carbocycles. The summed E-state index contributed by atoms with van der Waals surface area (Å²) in [5.41, 5.74) is 7.42. The number of anilines is 1. The standard InChI is InChI=1S/C13H19N3O3/c1-16-11-4-9(5-15-6-10(14)7-17)2-3-12(11)19-8-13(16)18/h2-4,10,15,17H,5-8,14H2,1H3. The Labute approximate surface area is 112 Å². The van der Waals surface area contributed by atoms with Gasteiger partial charge in [-0.05, 0) is 17.7 Å². The molecule has 0 saturated heterocycles. The molecule has 6 nitrogen and oxygen atoms in total. The molecule has 2 rings (SSSR count). The molecule has 1 heterocycles. The fraction of sp³-hybridized carbons (Fsp3) is 0.462. The van der Waals surface area contributed by atoms with Gasteiger partial charge in [0, 0.05) is 26.2 Å². The van der Waals surface area contributed by atoms with Gasteiger partial charge in [0.15, 0.2) is 6.61 Å². The number of fused-ring (bicyclic) bond motifs is 1. The smallest absolute Gasteiger partial charge is 0.264 e. The van der Waals surface area contributed by atoms with Gasteiger partial charge in [0.25, 0.3) is 5.91 Å². The van der Waals surface area contributed by atoms with Crippen LogP contribution in [0.1, 0.15) is 5.56 Å². The van der Waals surface area contributed by atoms with Gasteiger partial charge in [-0.2, -0.15) is 0 Å². The van der Waals surface area contributed by atoms with Crippen molar-refractivity contribution in [1.29, 1.82) is 0 Å². The molecular formula is C13H19N3O3. The maximum Gasteiger partial charge on any atom is 0.264 e. The van der Waals surface area contributed by atoms with Crippen molar-refractivity contribution in [2.45, 2.75) is 12.6 Å². The summed E-state index contributed by atoms with van der Waals surface area (Å²) < 4.78 is 5.36. The first-order valence-corrected chi connectivity index (χ1v) is 6.21. The molecule has 1 aliphatic rings. The Kier molecular flexibility index (Phi) is 4.36. The maximum absolute atomic E-state index is 11.6. The molecule has 6 heteroatoms. The van der Waals surface area contributed by atoms with E-state index in [-0.39, 0.29) is 25.2 Å². The van der Waals surface area contributed by atoms with E-state index in [9.17, 15) is 4.79 Å². The second-order valence-electron chi connectivity index (χ2n) is 4.62. The van der Waals surface area contributed by atoms with Crippen molar-refractivity contribution in [3.63, 3.8) is 0 Å². The summed E-state index contributed by atoms with van der Waals surface area (Å²) in [5, 5.41) is 12.0. The molecule has 0 fully saturated rings. The van der Waals surface area contributed by atoms with Crippen molar-refractivity contribution >= 4 is 11.6 Å². The summed E-state index contributed by atoms with van der Waals surface area (Å²) in [6.07, 6.45) is 0. The zero-order chi connectivity index (χ0) is 13.8. The Morgan fingerprint density at radius 2 is 2.37 bits per heavy atom. The predicted molar refractivity (Wildman–Crippen MR) is 72.1 cm³/mol. The van der Waals surface area contributed by atoms with Crippen LogP contribution in [0, 0.1) is 0 Å². The second kappa shape index (κ2) is 6.01. The van der Waals surface area contributed by atoms with Gasteiger partial charge in [0.2, 0.25) is 0 Å². The van der Waals surface area contributed by atoms with Crippen molar-refractivity contribution < 1.29 is 14.6 Å². The van der Waals surface area contributed by atoms with E-state index in [1.807, 2.05) is 18.2 Å². The van der Waals surface area contributed by atoms with Crippen LogP contribution in [0.15, 0.2) is 18.2 Å². The molecule has 0 radical (unpaired) electrons. The number of ether oxygens (including phenoxy) is 1. The fourth-order valence-electron chi connectivity index (χ4n) is 1.89. The summed E-state index contributed by atoms with van der Waals surface area (Å²) in [6, 6.07) is 5.47. The molecule has 1 atom stereocenters. The SMILES string of the molecule is CN1C(=O)COc2ccc(CNCC(N)CO)cc21. The minimum atomic E-state index is -0.259. The lowest BCUT2D eigenvalue weighted by atomic mass is 10.1. The monoisotopic (exact) mass is 265 g/mol. The Bertz CT molecular complexity index is 464. The summed E-state index contributed by atoms with van der Waals surface area (Å²) in [6.45, 7) is 1.22. The van der Waals surface area contributed by atoms with Gasteiger partial charge in [-0.3, -0.25) is 4.79 Å². The molecular weight excluding hydrogens is 246 g/mol. The van der Waals surface area contributed by atoms with Gasteiger partial charge in [0.1, 0.15) is 5.75 Å². The Hall–Kier alpha value is -1.63. The van der Waals surface area contributed by atoms with Crippen LogP contribution in [-0.4, -0.2) is 43.9 Å². The molecule has 104 valence electrons. The van der Waals surface area contributed by atoms with Crippen molar-refractivity contribution in [1.82, 2.24) is 5.32 Å². The minimum absolute atomic E-state index is 0.0394. The molecule has 1 unspecified atom stereocenters. The summed E-state index contributed by atoms with van der Waals surface area (Å²) >= 11 is 0. The Morgan fingerprint density at radius 1 is 1.58 bits per heavy atom. The van der Waals surface area contributed by atoms with E-state index in [2.05, 4.69) is 5.32 Å². The van der Waals surface area contributed by atoms with E-state index in [1.165, 1.54) is 0 Å². The average Bonchev–Trinajstić information content (AvgIpc) is 2.43. The van der Waals surface area contributed by atoms with Crippen molar-refractivity contribution in [2.24, 2.45) is 5.73 Å². The van der Waals surface area contributed by atoms with Gasteiger partial charge in [-0.15, -0.1) is 0 Å². The highest BCUT2D eigenvalue weighted by Crippen LogP contribution is 2.31. The number of carbonyl (C=O) groups excluding carboxylic acids is 1. The van der Waals surface area contributed by atoms with E-state index >= 15 is 0 Å². The topological polar surface area (TPSA) is 87.8 Å². The molecule has 1 aliphatic heterocycles. The first-order chi connectivity index (χ1) is 9.11. The predicted octanol–water partition coefficient (Wildman–Crippen LogP) is -0.549. The van der Waals surface area contributed by atoms with Crippen LogP contribution in [0.3, 0.4) is 0 Å². The average molecular weight is 265 g/mol. The third-order valence-corrected chi connectivity index (χ3v) is 3.08. The van der Waals surface area contributed by atoms with Crippen LogP contribution >= 0.6 is 0 Å². The van der Waals surface area contributed by atoms with Gasteiger partial charge >= 0.3 is 0 Å². The fourth-order valence-corrected chi connectivity index (χ4v) is 1.89. The lowest BCUT2D eigenvalue weighted by Gasteiger charge is -2.26. The molecule has 4 N–H and O–H groups in total. The summed E-state index contributed by atoms with van der Waals surface area (Å²) in [5.74, 6) is 0.665. The molecule has 0 bridgehead atoms. The number of hydrogen-bond acceptors (Lipinski definition) is 5. The van der Waals surface area contributed by atoms with E-state index in [4.69, 9.17) is 15.6 Å². The Balaban J connectivity index is 2.02. The summed E-state index contributed by atoms with van der Waals surface area (Å²) in [7, 11) is 1.74. The number of carbonyl (C=O) groups is 1. The van der Waals surface area contributed by atoms with Crippen molar-refractivity contribution in [3.8, 4) is 5.75 Å². The second-order valence-corrected chi connectivity index (χ2v) is 4.62. The number of amides is 1. The van der Waals surface area contributed by atoms with Gasteiger partial charge < -0.3 is 25.8 Å². The van der Waals surface area contributed by atoms with Crippen LogP contribution in [0.4, 0.5) is 5.69 Å². The molecule has 0 aliphatic carbocycles. The zero-order valence-electron chi connectivity index (χ0n) is 10.9. The molecule has 1 amide bonds. The maximum atomic E-state index is 11.6. The van der Waals surface area contributed by atoms with E-state index in [0.717, 1.165) is 17.0 Å². The summed E-state index contributed by atoms with van der Waals surface area (Å²) in [4.78, 5) is 13.2. The molecule has 1 aromatic rings. The molecule has 0 saturated carbocycles. The van der Waals surface area contributed by atoms with Crippen LogP contribution in [0.25, 0.3) is 0 Å². The third kappa shape index (κ3) is 3.23. The number of aliphatic hydroxyl groups is 1. The third-order valence-electron chi connectivity index (χ3n) is 3.08. The minimum Gasteiger partial charge on any atom is -0.482 e. The highest BCUT2D eigenvalue weighted by molar-refractivity contribution is 5.97. The first kappa shape index (κ1) is 13.8.